The topological polar surface area (TPSA) is 66.9 Å². The summed E-state index contributed by atoms with van der Waals surface area (Å²) in [4.78, 5) is 19.0. The highest BCUT2D eigenvalue weighted by Crippen LogP contribution is 1.93. The zero-order valence-corrected chi connectivity index (χ0v) is 8.37. The minimum atomic E-state index is -0.0317. The first-order valence-corrected chi connectivity index (χ1v) is 4.42. The monoisotopic (exact) mass is 194 g/mol. The van der Waals surface area contributed by atoms with Gasteiger partial charge in [-0.2, -0.15) is 0 Å². The normalized spacial score (nSPS) is 9.86. The molecule has 0 bridgehead atoms. The molecular formula is C9H14N4O. The van der Waals surface area contributed by atoms with Gasteiger partial charge in [-0.05, 0) is 13.0 Å². The van der Waals surface area contributed by atoms with Gasteiger partial charge >= 0.3 is 0 Å². The molecule has 0 fully saturated rings. The highest BCUT2D eigenvalue weighted by molar-refractivity contribution is 5.77. The first-order chi connectivity index (χ1) is 6.72. The molecule has 1 amide bonds. The van der Waals surface area contributed by atoms with Gasteiger partial charge < -0.3 is 10.6 Å². The molecule has 0 saturated heterocycles. The summed E-state index contributed by atoms with van der Waals surface area (Å²) in [5, 5.41) is 5.51. The number of hydrogen-bond acceptors (Lipinski definition) is 4. The molecule has 0 radical (unpaired) electrons. The van der Waals surface area contributed by atoms with E-state index in [9.17, 15) is 4.79 Å². The van der Waals surface area contributed by atoms with E-state index in [0.717, 1.165) is 11.5 Å². The number of carbonyl (C=O) groups excluding carboxylic acids is 1. The Kier molecular flexibility index (Phi) is 4.00. The van der Waals surface area contributed by atoms with Crippen LogP contribution in [0.5, 0.6) is 0 Å². The molecule has 1 aromatic rings. The average molecular weight is 194 g/mol. The standard InChI is InChI=1S/C9H14N4O/c1-7-12-4-3-8(13-7)5-11-6-9(14)10-2/h3-4,11H,5-6H2,1-2H3,(H,10,14). The third-order valence-electron chi connectivity index (χ3n) is 1.70. The lowest BCUT2D eigenvalue weighted by molar-refractivity contribution is -0.119. The van der Waals surface area contributed by atoms with E-state index in [2.05, 4.69) is 20.6 Å². The molecule has 0 aliphatic heterocycles. The first kappa shape index (κ1) is 10.6. The van der Waals surface area contributed by atoms with Crippen molar-refractivity contribution in [3.63, 3.8) is 0 Å². The van der Waals surface area contributed by atoms with Crippen LogP contribution in [-0.4, -0.2) is 29.5 Å². The van der Waals surface area contributed by atoms with E-state index >= 15 is 0 Å². The Labute approximate surface area is 83.0 Å². The van der Waals surface area contributed by atoms with Crippen LogP contribution in [0.25, 0.3) is 0 Å². The second kappa shape index (κ2) is 5.29. The highest BCUT2D eigenvalue weighted by Gasteiger charge is 1.98. The molecule has 1 heterocycles. The van der Waals surface area contributed by atoms with E-state index in [-0.39, 0.29) is 5.91 Å². The molecule has 1 rings (SSSR count). The zero-order valence-electron chi connectivity index (χ0n) is 8.37. The number of rotatable bonds is 4. The van der Waals surface area contributed by atoms with Gasteiger partial charge in [0, 0.05) is 19.8 Å². The number of aromatic nitrogens is 2. The molecule has 0 saturated carbocycles. The molecule has 76 valence electrons. The van der Waals surface area contributed by atoms with Gasteiger partial charge in [-0.3, -0.25) is 4.79 Å². The van der Waals surface area contributed by atoms with Crippen LogP contribution in [0.3, 0.4) is 0 Å². The number of nitrogens with zero attached hydrogens (tertiary/aromatic N) is 2. The molecular weight excluding hydrogens is 180 g/mol. The lowest BCUT2D eigenvalue weighted by Gasteiger charge is -2.03. The maximum absolute atomic E-state index is 10.9. The van der Waals surface area contributed by atoms with Crippen molar-refractivity contribution in [1.82, 2.24) is 20.6 Å². The number of likely N-dealkylation sites (N-methyl/N-ethyl adjacent to an activating group) is 1. The molecule has 5 nitrogen and oxygen atoms in total. The molecule has 1 aromatic heterocycles. The molecule has 0 aromatic carbocycles. The third kappa shape index (κ3) is 3.49. The van der Waals surface area contributed by atoms with Crippen molar-refractivity contribution in [2.75, 3.05) is 13.6 Å². The number of amides is 1. The summed E-state index contributed by atoms with van der Waals surface area (Å²) in [5.74, 6) is 0.708. The summed E-state index contributed by atoms with van der Waals surface area (Å²) in [6.45, 7) is 2.72. The smallest absolute Gasteiger partial charge is 0.233 e. The van der Waals surface area contributed by atoms with E-state index in [1.807, 2.05) is 13.0 Å². The maximum Gasteiger partial charge on any atom is 0.233 e. The second-order valence-corrected chi connectivity index (χ2v) is 2.87. The zero-order chi connectivity index (χ0) is 10.4. The van der Waals surface area contributed by atoms with Gasteiger partial charge in [-0.25, -0.2) is 9.97 Å². The van der Waals surface area contributed by atoms with Crippen molar-refractivity contribution in [3.8, 4) is 0 Å². The fourth-order valence-electron chi connectivity index (χ4n) is 0.996. The number of nitrogens with one attached hydrogen (secondary N) is 2. The van der Waals surface area contributed by atoms with Crippen molar-refractivity contribution in [1.29, 1.82) is 0 Å². The Morgan fingerprint density at radius 1 is 1.57 bits per heavy atom. The maximum atomic E-state index is 10.9. The highest BCUT2D eigenvalue weighted by atomic mass is 16.1. The summed E-state index contributed by atoms with van der Waals surface area (Å²) in [7, 11) is 1.61. The summed E-state index contributed by atoms with van der Waals surface area (Å²) in [5.41, 5.74) is 0.890. The van der Waals surface area contributed by atoms with E-state index in [1.165, 1.54) is 0 Å². The Bertz CT molecular complexity index is 313. The van der Waals surface area contributed by atoms with Crippen LogP contribution >= 0.6 is 0 Å². The van der Waals surface area contributed by atoms with Crippen LogP contribution in [-0.2, 0) is 11.3 Å². The Hall–Kier alpha value is -1.49. The summed E-state index contributed by atoms with van der Waals surface area (Å²) in [6.07, 6.45) is 1.71. The molecule has 2 N–H and O–H groups in total. The SMILES string of the molecule is CNC(=O)CNCc1ccnc(C)n1. The Morgan fingerprint density at radius 3 is 3.00 bits per heavy atom. The van der Waals surface area contributed by atoms with Crippen molar-refractivity contribution in [2.45, 2.75) is 13.5 Å². The second-order valence-electron chi connectivity index (χ2n) is 2.87. The molecule has 0 aliphatic rings. The van der Waals surface area contributed by atoms with Crippen LogP contribution in [0.15, 0.2) is 12.3 Å². The Morgan fingerprint density at radius 2 is 2.36 bits per heavy atom. The van der Waals surface area contributed by atoms with Crippen molar-refractivity contribution < 1.29 is 4.79 Å². The predicted molar refractivity (Wildman–Crippen MR) is 52.5 cm³/mol. The van der Waals surface area contributed by atoms with Gasteiger partial charge in [0.15, 0.2) is 0 Å². The fraction of sp³-hybridized carbons (Fsp3) is 0.444. The van der Waals surface area contributed by atoms with Crippen molar-refractivity contribution in [3.05, 3.63) is 23.8 Å². The van der Waals surface area contributed by atoms with Gasteiger partial charge in [-0.15, -0.1) is 0 Å². The van der Waals surface area contributed by atoms with E-state index in [4.69, 9.17) is 0 Å². The molecule has 0 atom stereocenters. The van der Waals surface area contributed by atoms with Gasteiger partial charge in [0.2, 0.25) is 5.91 Å². The van der Waals surface area contributed by atoms with Gasteiger partial charge in [0.1, 0.15) is 5.82 Å². The average Bonchev–Trinajstić information content (AvgIpc) is 2.17. The van der Waals surface area contributed by atoms with E-state index in [1.54, 1.807) is 13.2 Å². The van der Waals surface area contributed by atoms with Crippen LogP contribution < -0.4 is 10.6 Å². The quantitative estimate of drug-likeness (QED) is 0.685. The lowest BCUT2D eigenvalue weighted by Crippen LogP contribution is -2.31. The van der Waals surface area contributed by atoms with Gasteiger partial charge in [-0.1, -0.05) is 0 Å². The minimum Gasteiger partial charge on any atom is -0.358 e. The number of aryl methyl sites for hydroxylation is 1. The molecule has 5 heteroatoms. The van der Waals surface area contributed by atoms with Crippen molar-refractivity contribution in [2.24, 2.45) is 0 Å². The molecule has 0 aliphatic carbocycles. The molecule has 0 spiro atoms. The Balaban J connectivity index is 2.35. The van der Waals surface area contributed by atoms with Crippen LogP contribution in [0.4, 0.5) is 0 Å². The van der Waals surface area contributed by atoms with Crippen LogP contribution in [0.2, 0.25) is 0 Å². The lowest BCUT2D eigenvalue weighted by atomic mass is 10.4. The largest absolute Gasteiger partial charge is 0.358 e. The number of carbonyl (C=O) groups is 1. The molecule has 0 unspecified atom stereocenters. The van der Waals surface area contributed by atoms with Gasteiger partial charge in [0.25, 0.3) is 0 Å². The van der Waals surface area contributed by atoms with Crippen LogP contribution in [0, 0.1) is 6.92 Å². The van der Waals surface area contributed by atoms with E-state index in [0.29, 0.717) is 13.1 Å². The first-order valence-electron chi connectivity index (χ1n) is 4.42. The predicted octanol–water partition coefficient (Wildman–Crippen LogP) is -0.379. The number of hydrogen-bond donors (Lipinski definition) is 2. The third-order valence-corrected chi connectivity index (χ3v) is 1.70. The summed E-state index contributed by atoms with van der Waals surface area (Å²) >= 11 is 0. The van der Waals surface area contributed by atoms with Crippen molar-refractivity contribution >= 4 is 5.91 Å². The summed E-state index contributed by atoms with van der Waals surface area (Å²) < 4.78 is 0. The van der Waals surface area contributed by atoms with Gasteiger partial charge in [0.05, 0.1) is 12.2 Å². The van der Waals surface area contributed by atoms with Crippen LogP contribution in [0.1, 0.15) is 11.5 Å². The fourth-order valence-corrected chi connectivity index (χ4v) is 0.996. The summed E-state index contributed by atoms with van der Waals surface area (Å²) in [6, 6.07) is 1.82. The molecule has 14 heavy (non-hydrogen) atoms. The minimum absolute atomic E-state index is 0.0317. The van der Waals surface area contributed by atoms with E-state index < -0.39 is 0 Å².